The molecule has 0 unspecified atom stereocenters. The number of pyridine rings is 1. The summed E-state index contributed by atoms with van der Waals surface area (Å²) in [6.45, 7) is 3.17. The van der Waals surface area contributed by atoms with Gasteiger partial charge in [-0.15, -0.1) is 11.3 Å². The zero-order valence-electron chi connectivity index (χ0n) is 16.9. The van der Waals surface area contributed by atoms with Crippen LogP contribution in [0, 0.1) is 0 Å². The molecule has 1 amide bonds. The van der Waals surface area contributed by atoms with E-state index in [0.29, 0.717) is 23.7 Å². The van der Waals surface area contributed by atoms with E-state index in [1.807, 2.05) is 48.5 Å². The highest BCUT2D eigenvalue weighted by Gasteiger charge is 2.18. The molecule has 154 valence electrons. The third kappa shape index (κ3) is 4.02. The molecule has 4 aromatic rings. The number of carbonyl (C=O) groups excluding carboxylic acids is 1. The maximum absolute atomic E-state index is 12.8. The predicted molar refractivity (Wildman–Crippen MR) is 121 cm³/mol. The Morgan fingerprint density at radius 2 is 1.90 bits per heavy atom. The average molecular weight is 422 g/mol. The number of fused-ring (bicyclic) bond motifs is 2. The van der Waals surface area contributed by atoms with Gasteiger partial charge in [0, 0.05) is 23.4 Å². The molecule has 0 saturated carbocycles. The Hall–Kier alpha value is -3.32. The Kier molecular flexibility index (Phi) is 5.72. The number of benzene rings is 2. The Bertz CT molecular complexity index is 1200. The number of hydrogen-bond donors (Lipinski definition) is 2. The lowest BCUT2D eigenvalue weighted by molar-refractivity contribution is 0.0956. The van der Waals surface area contributed by atoms with E-state index in [9.17, 15) is 4.79 Å². The molecule has 4 rings (SSSR count). The molecule has 2 aromatic carbocycles. The van der Waals surface area contributed by atoms with Crippen molar-refractivity contribution in [1.82, 2.24) is 10.3 Å². The molecule has 0 aliphatic carbocycles. The summed E-state index contributed by atoms with van der Waals surface area (Å²) < 4.78 is 10.9. The van der Waals surface area contributed by atoms with Crippen molar-refractivity contribution < 1.29 is 14.3 Å². The van der Waals surface area contributed by atoms with Crippen LogP contribution in [0.1, 0.15) is 28.6 Å². The van der Waals surface area contributed by atoms with Crippen molar-refractivity contribution in [3.63, 3.8) is 0 Å². The van der Waals surface area contributed by atoms with Crippen molar-refractivity contribution in [2.24, 2.45) is 0 Å². The first-order valence-electron chi connectivity index (χ1n) is 9.75. The average Bonchev–Trinajstić information content (AvgIpc) is 3.10. The molecule has 0 spiro atoms. The fourth-order valence-electron chi connectivity index (χ4n) is 3.16. The normalized spacial score (nSPS) is 11.0. The minimum Gasteiger partial charge on any atom is -0.497 e. The number of ether oxygens (including phenoxy) is 2. The molecule has 0 aliphatic heterocycles. The van der Waals surface area contributed by atoms with Crippen LogP contribution < -0.4 is 20.5 Å². The topological polar surface area (TPSA) is 86.5 Å². The van der Waals surface area contributed by atoms with Gasteiger partial charge in [-0.3, -0.25) is 4.79 Å². The van der Waals surface area contributed by atoms with E-state index in [-0.39, 0.29) is 5.91 Å². The Labute approximate surface area is 178 Å². The molecule has 7 heteroatoms. The predicted octanol–water partition coefficient (Wildman–Crippen LogP) is 4.76. The van der Waals surface area contributed by atoms with E-state index in [4.69, 9.17) is 15.2 Å². The highest BCUT2D eigenvalue weighted by atomic mass is 32.1. The largest absolute Gasteiger partial charge is 0.497 e. The summed E-state index contributed by atoms with van der Waals surface area (Å²) in [5.41, 5.74) is 8.54. The van der Waals surface area contributed by atoms with Gasteiger partial charge in [-0.25, -0.2) is 4.98 Å². The smallest absolute Gasteiger partial charge is 0.263 e. The highest BCUT2D eigenvalue weighted by molar-refractivity contribution is 7.21. The van der Waals surface area contributed by atoms with Crippen molar-refractivity contribution in [3.8, 4) is 11.5 Å². The summed E-state index contributed by atoms with van der Waals surface area (Å²) in [6.07, 6.45) is 0.965. The molecule has 2 heterocycles. The second-order valence-electron chi connectivity index (χ2n) is 6.92. The molecule has 0 aliphatic rings. The van der Waals surface area contributed by atoms with E-state index in [1.165, 1.54) is 11.3 Å². The van der Waals surface area contributed by atoms with Gasteiger partial charge in [0.2, 0.25) is 0 Å². The molecule has 0 saturated heterocycles. The quantitative estimate of drug-likeness (QED) is 0.449. The number of nitrogen functional groups attached to an aromatic ring is 1. The summed E-state index contributed by atoms with van der Waals surface area (Å²) in [5.74, 6) is 1.36. The SMILES string of the molecule is CCCOc1ccc(CNC(=O)c2sc3nc4cc(OC)ccc4cc3c2N)cc1. The van der Waals surface area contributed by atoms with Crippen LogP contribution in [0.3, 0.4) is 0 Å². The molecule has 2 aromatic heterocycles. The third-order valence-electron chi connectivity index (χ3n) is 4.78. The third-order valence-corrected chi connectivity index (χ3v) is 5.89. The van der Waals surface area contributed by atoms with Gasteiger partial charge >= 0.3 is 0 Å². The standard InChI is InChI=1S/C23H23N3O3S/c1-3-10-29-16-7-4-14(5-8-16)13-25-22(27)21-20(24)18-11-15-6-9-17(28-2)12-19(15)26-23(18)30-21/h4-9,11-12H,3,10,13,24H2,1-2H3,(H,25,27). The van der Waals surface area contributed by atoms with Gasteiger partial charge in [-0.05, 0) is 42.3 Å². The van der Waals surface area contributed by atoms with Crippen LogP contribution in [-0.4, -0.2) is 24.6 Å². The molecule has 3 N–H and O–H groups in total. The van der Waals surface area contributed by atoms with Gasteiger partial charge in [-0.1, -0.05) is 19.1 Å². The van der Waals surface area contributed by atoms with E-state index in [2.05, 4.69) is 17.2 Å². The van der Waals surface area contributed by atoms with Crippen LogP contribution in [0.25, 0.3) is 21.1 Å². The Balaban J connectivity index is 1.52. The zero-order chi connectivity index (χ0) is 21.1. The van der Waals surface area contributed by atoms with E-state index in [0.717, 1.165) is 44.6 Å². The van der Waals surface area contributed by atoms with Crippen LogP contribution >= 0.6 is 11.3 Å². The lowest BCUT2D eigenvalue weighted by atomic mass is 10.1. The van der Waals surface area contributed by atoms with Gasteiger partial charge in [0.15, 0.2) is 0 Å². The number of thiophene rings is 1. The lowest BCUT2D eigenvalue weighted by Gasteiger charge is -2.07. The van der Waals surface area contributed by atoms with E-state index in [1.54, 1.807) is 7.11 Å². The van der Waals surface area contributed by atoms with E-state index >= 15 is 0 Å². The van der Waals surface area contributed by atoms with Crippen molar-refractivity contribution in [3.05, 3.63) is 59.0 Å². The van der Waals surface area contributed by atoms with Crippen molar-refractivity contribution in [2.45, 2.75) is 19.9 Å². The van der Waals surface area contributed by atoms with Crippen LogP contribution in [0.2, 0.25) is 0 Å². The Morgan fingerprint density at radius 1 is 1.13 bits per heavy atom. The van der Waals surface area contributed by atoms with Gasteiger partial charge in [0.25, 0.3) is 5.91 Å². The van der Waals surface area contributed by atoms with Gasteiger partial charge in [0.1, 0.15) is 21.2 Å². The zero-order valence-corrected chi connectivity index (χ0v) is 17.7. The summed E-state index contributed by atoms with van der Waals surface area (Å²) in [5, 5.41) is 4.68. The molecule has 30 heavy (non-hydrogen) atoms. The summed E-state index contributed by atoms with van der Waals surface area (Å²) in [6, 6.07) is 15.4. The minimum absolute atomic E-state index is 0.205. The fraction of sp³-hybridized carbons (Fsp3) is 0.217. The number of nitrogens with zero attached hydrogens (tertiary/aromatic N) is 1. The molecule has 0 fully saturated rings. The van der Waals surface area contributed by atoms with Crippen molar-refractivity contribution in [2.75, 3.05) is 19.5 Å². The molecular formula is C23H23N3O3S. The molecule has 0 radical (unpaired) electrons. The number of nitrogens with one attached hydrogen (secondary N) is 1. The van der Waals surface area contributed by atoms with Gasteiger partial charge in [0.05, 0.1) is 24.9 Å². The number of carbonyl (C=O) groups is 1. The maximum atomic E-state index is 12.8. The minimum atomic E-state index is -0.205. The van der Waals surface area contributed by atoms with Crippen LogP contribution in [0.15, 0.2) is 48.5 Å². The monoisotopic (exact) mass is 421 g/mol. The number of hydrogen-bond acceptors (Lipinski definition) is 6. The van der Waals surface area contributed by atoms with Crippen LogP contribution in [0.4, 0.5) is 5.69 Å². The number of methoxy groups -OCH3 is 1. The van der Waals surface area contributed by atoms with Crippen LogP contribution in [-0.2, 0) is 6.54 Å². The first-order valence-corrected chi connectivity index (χ1v) is 10.6. The molecular weight excluding hydrogens is 398 g/mol. The van der Waals surface area contributed by atoms with Crippen molar-refractivity contribution in [1.29, 1.82) is 0 Å². The molecule has 6 nitrogen and oxygen atoms in total. The number of anilines is 1. The van der Waals surface area contributed by atoms with Gasteiger partial charge in [-0.2, -0.15) is 0 Å². The van der Waals surface area contributed by atoms with E-state index < -0.39 is 0 Å². The fourth-order valence-corrected chi connectivity index (χ4v) is 4.16. The Morgan fingerprint density at radius 3 is 2.63 bits per heavy atom. The summed E-state index contributed by atoms with van der Waals surface area (Å²) >= 11 is 1.30. The highest BCUT2D eigenvalue weighted by Crippen LogP contribution is 2.35. The number of rotatable bonds is 7. The first kappa shape index (κ1) is 20.0. The lowest BCUT2D eigenvalue weighted by Crippen LogP contribution is -2.22. The molecule has 0 atom stereocenters. The van der Waals surface area contributed by atoms with Crippen molar-refractivity contribution >= 4 is 44.1 Å². The number of aromatic nitrogens is 1. The summed E-state index contributed by atoms with van der Waals surface area (Å²) in [4.78, 5) is 18.6. The molecule has 0 bridgehead atoms. The number of amides is 1. The van der Waals surface area contributed by atoms with Gasteiger partial charge < -0.3 is 20.5 Å². The maximum Gasteiger partial charge on any atom is 0.263 e. The second kappa shape index (κ2) is 8.59. The number of nitrogens with two attached hydrogens (primary N) is 1. The summed E-state index contributed by atoms with van der Waals surface area (Å²) in [7, 11) is 1.62. The first-order chi connectivity index (χ1) is 14.6. The second-order valence-corrected chi connectivity index (χ2v) is 7.92. The van der Waals surface area contributed by atoms with Crippen LogP contribution in [0.5, 0.6) is 11.5 Å².